The number of hydrogen-bond donors (Lipinski definition) is 1. The molecule has 1 amide bonds. The monoisotopic (exact) mass is 371 g/mol. The molecule has 1 heterocycles. The van der Waals surface area contributed by atoms with Crippen LogP contribution in [-0.2, 0) is 9.59 Å². The van der Waals surface area contributed by atoms with Gasteiger partial charge in [0.1, 0.15) is 11.6 Å². The van der Waals surface area contributed by atoms with Gasteiger partial charge in [0.25, 0.3) is 0 Å². The highest BCUT2D eigenvalue weighted by atomic mass is 19.1. The van der Waals surface area contributed by atoms with E-state index in [1.54, 1.807) is 17.0 Å². The van der Waals surface area contributed by atoms with Crippen LogP contribution in [0.5, 0.6) is 5.75 Å². The molecule has 27 heavy (non-hydrogen) atoms. The van der Waals surface area contributed by atoms with Crippen molar-refractivity contribution in [2.45, 2.75) is 18.8 Å². The first kappa shape index (κ1) is 18.9. The first-order valence-electron chi connectivity index (χ1n) is 8.98. The van der Waals surface area contributed by atoms with Gasteiger partial charge in [-0.15, -0.1) is 0 Å². The lowest BCUT2D eigenvalue weighted by atomic mass is 9.89. The van der Waals surface area contributed by atoms with Crippen LogP contribution in [0.3, 0.4) is 0 Å². The summed E-state index contributed by atoms with van der Waals surface area (Å²) in [5.74, 6) is -1.70. The number of carboxylic acid groups (broad SMARTS) is 1. The molecule has 0 saturated carbocycles. The minimum atomic E-state index is -0.881. The van der Waals surface area contributed by atoms with Crippen LogP contribution in [0.4, 0.5) is 4.39 Å². The van der Waals surface area contributed by atoms with E-state index in [9.17, 15) is 19.1 Å². The molecule has 0 radical (unpaired) electrons. The first-order valence-corrected chi connectivity index (χ1v) is 8.98. The maximum atomic E-state index is 13.1. The number of amides is 1. The third kappa shape index (κ3) is 4.84. The quantitative estimate of drug-likeness (QED) is 0.759. The average molecular weight is 371 g/mol. The minimum absolute atomic E-state index is 0.0810. The van der Waals surface area contributed by atoms with Crippen molar-refractivity contribution in [3.63, 3.8) is 0 Å². The Kier molecular flexibility index (Phi) is 6.06. The molecule has 142 valence electrons. The van der Waals surface area contributed by atoms with Crippen molar-refractivity contribution in [1.82, 2.24) is 4.90 Å². The lowest BCUT2D eigenvalue weighted by Crippen LogP contribution is -2.30. The summed E-state index contributed by atoms with van der Waals surface area (Å²) in [5.41, 5.74) is 0.939. The van der Waals surface area contributed by atoms with Crippen LogP contribution in [0.1, 0.15) is 24.3 Å². The van der Waals surface area contributed by atoms with Gasteiger partial charge in [0.15, 0.2) is 0 Å². The van der Waals surface area contributed by atoms with Gasteiger partial charge in [-0.2, -0.15) is 0 Å². The summed E-state index contributed by atoms with van der Waals surface area (Å²) in [4.78, 5) is 25.7. The molecule has 1 aliphatic heterocycles. The molecule has 2 aromatic rings. The molecule has 5 nitrogen and oxygen atoms in total. The maximum Gasteiger partial charge on any atom is 0.308 e. The Morgan fingerprint density at radius 3 is 2.59 bits per heavy atom. The summed E-state index contributed by atoms with van der Waals surface area (Å²) < 4.78 is 18.5. The highest BCUT2D eigenvalue weighted by molar-refractivity contribution is 5.79. The van der Waals surface area contributed by atoms with E-state index < -0.39 is 11.9 Å². The van der Waals surface area contributed by atoms with Crippen LogP contribution in [-0.4, -0.2) is 41.6 Å². The maximum absolute atomic E-state index is 13.1. The predicted molar refractivity (Wildman–Crippen MR) is 98.0 cm³/mol. The molecule has 0 spiro atoms. The molecule has 0 unspecified atom stereocenters. The Morgan fingerprint density at radius 1 is 1.11 bits per heavy atom. The third-order valence-corrected chi connectivity index (χ3v) is 4.82. The number of carboxylic acids is 1. The van der Waals surface area contributed by atoms with Gasteiger partial charge in [0, 0.05) is 31.5 Å². The van der Waals surface area contributed by atoms with Crippen molar-refractivity contribution in [1.29, 1.82) is 0 Å². The number of likely N-dealkylation sites (tertiary alicyclic amines) is 1. The van der Waals surface area contributed by atoms with Crippen LogP contribution < -0.4 is 4.74 Å². The fourth-order valence-electron chi connectivity index (χ4n) is 3.42. The second kappa shape index (κ2) is 8.66. The molecule has 3 rings (SSSR count). The molecule has 1 saturated heterocycles. The lowest BCUT2D eigenvalue weighted by Gasteiger charge is -2.16. The smallest absolute Gasteiger partial charge is 0.308 e. The summed E-state index contributed by atoms with van der Waals surface area (Å²) in [6.45, 7) is 0.927. The predicted octanol–water partition coefficient (Wildman–Crippen LogP) is 3.31. The van der Waals surface area contributed by atoms with Crippen molar-refractivity contribution in [2.24, 2.45) is 5.92 Å². The average Bonchev–Trinajstić information content (AvgIpc) is 3.12. The molecule has 6 heteroatoms. The van der Waals surface area contributed by atoms with Crippen LogP contribution in [0, 0.1) is 11.7 Å². The second-order valence-electron chi connectivity index (χ2n) is 6.67. The van der Waals surface area contributed by atoms with E-state index in [0.29, 0.717) is 25.3 Å². The molecule has 0 aliphatic carbocycles. The van der Waals surface area contributed by atoms with Gasteiger partial charge < -0.3 is 14.7 Å². The van der Waals surface area contributed by atoms with Crippen LogP contribution in [0.2, 0.25) is 0 Å². The molecule has 2 atom stereocenters. The van der Waals surface area contributed by atoms with Gasteiger partial charge in [-0.3, -0.25) is 9.59 Å². The standard InChI is InChI=1S/C21H22FNO4/c22-16-8-4-9-17(12-16)27-11-5-10-20(24)23-13-18(19(14-23)21(25)26)15-6-2-1-3-7-15/h1-4,6-9,12,18-19H,5,10-11,13-14H2,(H,25,26)/t18-,19-/m1/s1. The molecular formula is C21H22FNO4. The summed E-state index contributed by atoms with van der Waals surface area (Å²) >= 11 is 0. The fourth-order valence-corrected chi connectivity index (χ4v) is 3.42. The summed E-state index contributed by atoms with van der Waals surface area (Å²) in [7, 11) is 0. The Hall–Kier alpha value is -2.89. The number of aliphatic carboxylic acids is 1. The molecular weight excluding hydrogens is 349 g/mol. The third-order valence-electron chi connectivity index (χ3n) is 4.82. The van der Waals surface area contributed by atoms with Crippen molar-refractivity contribution in [2.75, 3.05) is 19.7 Å². The minimum Gasteiger partial charge on any atom is -0.493 e. The van der Waals surface area contributed by atoms with E-state index in [1.807, 2.05) is 30.3 Å². The van der Waals surface area contributed by atoms with E-state index in [0.717, 1.165) is 5.56 Å². The van der Waals surface area contributed by atoms with Gasteiger partial charge in [0.2, 0.25) is 5.91 Å². The number of carbonyl (C=O) groups excluding carboxylic acids is 1. The molecule has 1 aliphatic rings. The number of hydrogen-bond acceptors (Lipinski definition) is 3. The van der Waals surface area contributed by atoms with Gasteiger partial charge in [-0.05, 0) is 24.1 Å². The van der Waals surface area contributed by atoms with Crippen molar-refractivity contribution in [3.05, 3.63) is 66.0 Å². The first-order chi connectivity index (χ1) is 13.0. The van der Waals surface area contributed by atoms with Crippen molar-refractivity contribution in [3.8, 4) is 5.75 Å². The van der Waals surface area contributed by atoms with E-state index in [-0.39, 0.29) is 30.6 Å². The Labute approximate surface area is 157 Å². The van der Waals surface area contributed by atoms with Crippen molar-refractivity contribution >= 4 is 11.9 Å². The van der Waals surface area contributed by atoms with Crippen molar-refractivity contribution < 1.29 is 23.8 Å². The highest BCUT2D eigenvalue weighted by Gasteiger charge is 2.40. The SMILES string of the molecule is O=C(O)[C@@H]1CN(C(=O)CCCOc2cccc(F)c2)C[C@@H]1c1ccccc1. The zero-order valence-electron chi connectivity index (χ0n) is 14.9. The number of ether oxygens (including phenoxy) is 1. The van der Waals surface area contributed by atoms with E-state index >= 15 is 0 Å². The Morgan fingerprint density at radius 2 is 1.89 bits per heavy atom. The molecule has 1 fully saturated rings. The lowest BCUT2D eigenvalue weighted by molar-refractivity contribution is -0.141. The summed E-state index contributed by atoms with van der Waals surface area (Å²) in [6.07, 6.45) is 0.753. The van der Waals surface area contributed by atoms with Gasteiger partial charge in [-0.25, -0.2) is 4.39 Å². The number of rotatable bonds is 7. The van der Waals surface area contributed by atoms with Gasteiger partial charge in [-0.1, -0.05) is 36.4 Å². The number of halogens is 1. The van der Waals surface area contributed by atoms with E-state index in [4.69, 9.17) is 4.74 Å². The number of benzene rings is 2. The summed E-state index contributed by atoms with van der Waals surface area (Å²) in [5, 5.41) is 9.52. The van der Waals surface area contributed by atoms with Crippen LogP contribution in [0.15, 0.2) is 54.6 Å². The van der Waals surface area contributed by atoms with Crippen LogP contribution >= 0.6 is 0 Å². The Bertz CT molecular complexity index is 796. The molecule has 0 bridgehead atoms. The Balaban J connectivity index is 1.52. The van der Waals surface area contributed by atoms with Crippen LogP contribution in [0.25, 0.3) is 0 Å². The zero-order valence-corrected chi connectivity index (χ0v) is 14.9. The largest absolute Gasteiger partial charge is 0.493 e. The van der Waals surface area contributed by atoms with Gasteiger partial charge in [0.05, 0.1) is 12.5 Å². The molecule has 1 N–H and O–H groups in total. The molecule has 2 aromatic carbocycles. The fraction of sp³-hybridized carbons (Fsp3) is 0.333. The number of nitrogens with zero attached hydrogens (tertiary/aromatic N) is 1. The summed E-state index contributed by atoms with van der Waals surface area (Å²) in [6, 6.07) is 15.3. The van der Waals surface area contributed by atoms with E-state index in [2.05, 4.69) is 0 Å². The highest BCUT2D eigenvalue weighted by Crippen LogP contribution is 2.33. The topological polar surface area (TPSA) is 66.8 Å². The normalized spacial score (nSPS) is 19.1. The zero-order chi connectivity index (χ0) is 19.2. The second-order valence-corrected chi connectivity index (χ2v) is 6.67. The molecule has 0 aromatic heterocycles. The van der Waals surface area contributed by atoms with Gasteiger partial charge >= 0.3 is 5.97 Å². The number of carbonyl (C=O) groups is 2. The van der Waals surface area contributed by atoms with E-state index in [1.165, 1.54) is 12.1 Å².